The molecule has 1 amide bonds. The molecule has 1 aliphatic rings. The fourth-order valence-corrected chi connectivity index (χ4v) is 6.02. The number of hydrogen-bond donors (Lipinski definition) is 0. The van der Waals surface area contributed by atoms with E-state index in [0.717, 1.165) is 32.9 Å². The number of para-hydroxylation sites is 1. The van der Waals surface area contributed by atoms with Gasteiger partial charge in [-0.15, -0.1) is 11.3 Å². The van der Waals surface area contributed by atoms with Gasteiger partial charge < -0.3 is 9.64 Å². The van der Waals surface area contributed by atoms with Crippen LogP contribution in [0.3, 0.4) is 0 Å². The average molecular weight is 442 g/mol. The summed E-state index contributed by atoms with van der Waals surface area (Å²) in [6.07, 6.45) is 0.871. The minimum absolute atomic E-state index is 0.0559. The number of benzene rings is 1. The van der Waals surface area contributed by atoms with E-state index in [1.165, 1.54) is 28.7 Å². The Morgan fingerprint density at radius 2 is 2.03 bits per heavy atom. The van der Waals surface area contributed by atoms with Crippen molar-refractivity contribution in [2.24, 2.45) is 0 Å². The molecule has 4 rings (SSSR count). The summed E-state index contributed by atoms with van der Waals surface area (Å²) in [4.78, 5) is 37.6. The fraction of sp³-hybridized carbons (Fsp3) is 0.364. The van der Waals surface area contributed by atoms with Crippen molar-refractivity contribution in [3.8, 4) is 0 Å². The van der Waals surface area contributed by atoms with E-state index in [-0.39, 0.29) is 23.7 Å². The molecule has 0 saturated carbocycles. The van der Waals surface area contributed by atoms with Gasteiger partial charge in [0.15, 0.2) is 0 Å². The quantitative estimate of drug-likeness (QED) is 0.328. The van der Waals surface area contributed by atoms with Crippen LogP contribution < -0.4 is 4.90 Å². The van der Waals surface area contributed by atoms with Crippen molar-refractivity contribution in [2.75, 3.05) is 17.3 Å². The number of esters is 1. The highest BCUT2D eigenvalue weighted by Crippen LogP contribution is 2.37. The Hall–Kier alpha value is -2.45. The highest BCUT2D eigenvalue weighted by molar-refractivity contribution is 8.00. The summed E-state index contributed by atoms with van der Waals surface area (Å²) in [6, 6.07) is 8.20. The molecule has 8 heteroatoms. The van der Waals surface area contributed by atoms with E-state index in [2.05, 4.69) is 23.0 Å². The van der Waals surface area contributed by atoms with Crippen LogP contribution in [0.1, 0.15) is 40.5 Å². The molecule has 1 unspecified atom stereocenters. The van der Waals surface area contributed by atoms with Crippen LogP contribution in [0.5, 0.6) is 0 Å². The molecule has 0 N–H and O–H groups in total. The van der Waals surface area contributed by atoms with E-state index in [0.29, 0.717) is 17.3 Å². The topological polar surface area (TPSA) is 72.4 Å². The van der Waals surface area contributed by atoms with E-state index in [1.54, 1.807) is 6.92 Å². The summed E-state index contributed by atoms with van der Waals surface area (Å²) in [5.41, 5.74) is 3.01. The molecule has 2 aromatic heterocycles. The molecule has 30 heavy (non-hydrogen) atoms. The fourth-order valence-electron chi connectivity index (χ4n) is 3.84. The van der Waals surface area contributed by atoms with Gasteiger partial charge in [0.1, 0.15) is 20.6 Å². The molecule has 0 radical (unpaired) electrons. The van der Waals surface area contributed by atoms with Crippen LogP contribution in [0.2, 0.25) is 0 Å². The van der Waals surface area contributed by atoms with Crippen molar-refractivity contribution >= 4 is 50.9 Å². The standard InChI is InChI=1S/C22H23N3O3S2/c1-5-28-22(27)19-13(3)18-20(23-14(4)24-21(18)30-19)29-11-17(26)25-12(2)10-15-8-6-7-9-16(15)25/h6-9,12H,5,10-11H2,1-4H3. The number of carbonyl (C=O) groups is 2. The minimum atomic E-state index is -0.342. The zero-order valence-electron chi connectivity index (χ0n) is 17.4. The first-order valence-corrected chi connectivity index (χ1v) is 11.7. The molecule has 6 nitrogen and oxygen atoms in total. The Labute approximate surface area is 183 Å². The van der Waals surface area contributed by atoms with E-state index in [9.17, 15) is 9.59 Å². The van der Waals surface area contributed by atoms with Crippen molar-refractivity contribution in [3.63, 3.8) is 0 Å². The van der Waals surface area contributed by atoms with Gasteiger partial charge in [-0.2, -0.15) is 0 Å². The molecular formula is C22H23N3O3S2. The molecule has 1 atom stereocenters. The Morgan fingerprint density at radius 1 is 1.27 bits per heavy atom. The smallest absolute Gasteiger partial charge is 0.348 e. The summed E-state index contributed by atoms with van der Waals surface area (Å²) in [5, 5.41) is 1.57. The third-order valence-electron chi connectivity index (χ3n) is 5.14. The van der Waals surface area contributed by atoms with Gasteiger partial charge in [0.05, 0.1) is 12.4 Å². The molecule has 0 saturated heterocycles. The third-order valence-corrected chi connectivity index (χ3v) is 7.26. The SMILES string of the molecule is CCOC(=O)c1sc2nc(C)nc(SCC(=O)N3c4ccccc4CC3C)c2c1C. The molecule has 1 aromatic carbocycles. The van der Waals surface area contributed by atoms with Crippen molar-refractivity contribution in [2.45, 2.75) is 45.2 Å². The largest absolute Gasteiger partial charge is 0.462 e. The predicted octanol–water partition coefficient (Wildman–Crippen LogP) is 4.55. The zero-order chi connectivity index (χ0) is 21.4. The molecule has 0 aliphatic carbocycles. The van der Waals surface area contributed by atoms with Crippen LogP contribution in [0.4, 0.5) is 5.69 Å². The number of fused-ring (bicyclic) bond motifs is 2. The van der Waals surface area contributed by atoms with Crippen LogP contribution >= 0.6 is 23.1 Å². The number of carbonyl (C=O) groups excluding carboxylic acids is 2. The first-order chi connectivity index (χ1) is 14.4. The number of nitrogens with zero attached hydrogens (tertiary/aromatic N) is 3. The van der Waals surface area contributed by atoms with Gasteiger partial charge in [-0.1, -0.05) is 30.0 Å². The van der Waals surface area contributed by atoms with Gasteiger partial charge >= 0.3 is 5.97 Å². The normalized spacial score (nSPS) is 15.5. The Kier molecular flexibility index (Phi) is 5.79. The Morgan fingerprint density at radius 3 is 2.80 bits per heavy atom. The van der Waals surface area contributed by atoms with Gasteiger partial charge in [-0.25, -0.2) is 14.8 Å². The van der Waals surface area contributed by atoms with Crippen LogP contribution in [0.15, 0.2) is 29.3 Å². The Balaban J connectivity index is 1.61. The van der Waals surface area contributed by atoms with Crippen LogP contribution in [-0.4, -0.2) is 40.2 Å². The van der Waals surface area contributed by atoms with E-state index < -0.39 is 0 Å². The third kappa shape index (κ3) is 3.70. The summed E-state index contributed by atoms with van der Waals surface area (Å²) >= 11 is 2.72. The molecule has 1 aliphatic heterocycles. The lowest BCUT2D eigenvalue weighted by molar-refractivity contribution is -0.116. The number of thiophene rings is 1. The van der Waals surface area contributed by atoms with E-state index in [4.69, 9.17) is 4.74 Å². The monoisotopic (exact) mass is 441 g/mol. The first-order valence-electron chi connectivity index (χ1n) is 9.88. The maximum absolute atomic E-state index is 13.1. The van der Waals surface area contributed by atoms with Crippen molar-refractivity contribution in [1.82, 2.24) is 9.97 Å². The number of hydrogen-bond acceptors (Lipinski definition) is 7. The average Bonchev–Trinajstić information content (AvgIpc) is 3.22. The second-order valence-corrected chi connectivity index (χ2v) is 9.23. The number of amides is 1. The molecule has 3 aromatic rings. The number of aryl methyl sites for hydroxylation is 2. The first kappa shape index (κ1) is 20.8. The van der Waals surface area contributed by atoms with Gasteiger partial charge in [0.2, 0.25) is 5.91 Å². The lowest BCUT2D eigenvalue weighted by atomic mass is 10.1. The Bertz CT molecular complexity index is 1140. The molecule has 0 bridgehead atoms. The number of rotatable bonds is 5. The molecule has 0 fully saturated rings. The number of anilines is 1. The van der Waals surface area contributed by atoms with Crippen LogP contribution in [0, 0.1) is 13.8 Å². The lowest BCUT2D eigenvalue weighted by Crippen LogP contribution is -2.37. The second kappa shape index (κ2) is 8.35. The second-order valence-electron chi connectivity index (χ2n) is 7.27. The van der Waals surface area contributed by atoms with Gasteiger partial charge in [-0.05, 0) is 51.3 Å². The summed E-state index contributed by atoms with van der Waals surface area (Å²) in [6.45, 7) is 7.89. The highest BCUT2D eigenvalue weighted by Gasteiger charge is 2.30. The van der Waals surface area contributed by atoms with Crippen LogP contribution in [-0.2, 0) is 16.0 Å². The van der Waals surface area contributed by atoms with E-state index >= 15 is 0 Å². The summed E-state index contributed by atoms with van der Waals surface area (Å²) in [7, 11) is 0. The molecule has 0 spiro atoms. The van der Waals surface area contributed by atoms with Crippen molar-refractivity contribution in [1.29, 1.82) is 0 Å². The van der Waals surface area contributed by atoms with Gasteiger partial charge in [-0.3, -0.25) is 4.79 Å². The maximum atomic E-state index is 13.1. The lowest BCUT2D eigenvalue weighted by Gasteiger charge is -2.22. The summed E-state index contributed by atoms with van der Waals surface area (Å²) < 4.78 is 5.17. The van der Waals surface area contributed by atoms with Crippen LogP contribution in [0.25, 0.3) is 10.2 Å². The maximum Gasteiger partial charge on any atom is 0.348 e. The minimum Gasteiger partial charge on any atom is -0.462 e. The zero-order valence-corrected chi connectivity index (χ0v) is 19.0. The summed E-state index contributed by atoms with van der Waals surface area (Å²) in [5.74, 6) is 0.605. The van der Waals surface area contributed by atoms with Gasteiger partial charge in [0, 0.05) is 17.1 Å². The van der Waals surface area contributed by atoms with Crippen molar-refractivity contribution in [3.05, 3.63) is 46.1 Å². The molecule has 3 heterocycles. The van der Waals surface area contributed by atoms with E-state index in [1.807, 2.05) is 36.9 Å². The number of aromatic nitrogens is 2. The number of thioether (sulfide) groups is 1. The number of ether oxygens (including phenoxy) is 1. The predicted molar refractivity (Wildman–Crippen MR) is 121 cm³/mol. The molecular weight excluding hydrogens is 418 g/mol. The van der Waals surface area contributed by atoms with Gasteiger partial charge in [0.25, 0.3) is 0 Å². The van der Waals surface area contributed by atoms with Crippen molar-refractivity contribution < 1.29 is 14.3 Å². The molecule has 156 valence electrons. The highest BCUT2D eigenvalue weighted by atomic mass is 32.2.